The highest BCUT2D eigenvalue weighted by Crippen LogP contribution is 2.66. The molecule has 3 unspecified atom stereocenters. The molecular formula is C34H56N12O37P6. The van der Waals surface area contributed by atoms with Gasteiger partial charge in [-0.05, 0) is 12.8 Å². The van der Waals surface area contributed by atoms with Crippen LogP contribution in [0.1, 0.15) is 52.0 Å². The number of amides is 2. The Morgan fingerprint density at radius 1 is 0.528 bits per heavy atom. The highest BCUT2D eigenvalue weighted by molar-refractivity contribution is 7.66. The molecule has 504 valence electrons. The minimum atomic E-state index is -5.70. The molecule has 6 rings (SSSR count). The fraction of sp³-hybridized carbons (Fsp3) is 0.529. The Morgan fingerprint density at radius 3 is 1.13 bits per heavy atom. The van der Waals surface area contributed by atoms with E-state index in [1.165, 1.54) is 35.6 Å². The highest BCUT2D eigenvalue weighted by Gasteiger charge is 2.48. The number of imidazole rings is 2. The zero-order valence-corrected chi connectivity index (χ0v) is 49.9. The number of aliphatic carboxylic acids is 4. The standard InChI is InChI=1S/C10H16N5O13P3.C10H15N5O10P2.2C7H11NO5.H3O4P/c11-8-5-9(13-2-12-8)15(3-14-5)10-7(17)6(16)4(26-10)1-25-30(21,22)28-31(23,24)27-29(18,19)20;11-8-5-9(13-2-12-8)15(3-14-5)10-7(17)6(16)4(24-10)1-23-27(21,22)25-26(18,19)20;2*1-4(9)8-5(7(12)13)2-3-6(10)11;1-5(2,3)4/h2-4,6-7,10,16-17H,1H2,(H,21,22)(H,23,24)(H2,11,12,13)(H2,18,19,20);2-4,6-7,10,16-17H,1H2,(H,21,22)(H2,11,12,13)(H2,18,19,20);2*5H,2-3H2,1H3,(H,8,9)(H,10,11)(H,12,13);(H3,1,2,3,4)/t2*4-,6-,7-,10-;2*5-;/m1100./s1. The Hall–Kier alpha value is -5.94. The van der Waals surface area contributed by atoms with E-state index < -0.39 is 157 Å². The van der Waals surface area contributed by atoms with Crippen molar-refractivity contribution in [2.24, 2.45) is 0 Å². The molecule has 4 aromatic rings. The number of ether oxygens (including phenoxy) is 2. The van der Waals surface area contributed by atoms with Crippen LogP contribution in [-0.4, -0.2) is 226 Å². The monoisotopic (exact) mass is 1410 g/mol. The van der Waals surface area contributed by atoms with Gasteiger partial charge in [0.25, 0.3) is 0 Å². The molecule has 0 radical (unpaired) electrons. The normalized spacial score (nSPS) is 22.7. The fourth-order valence-corrected chi connectivity index (χ4v) is 11.3. The summed E-state index contributed by atoms with van der Waals surface area (Å²) in [5, 5.41) is 78.5. The lowest BCUT2D eigenvalue weighted by Crippen LogP contribution is -2.39. The summed E-state index contributed by atoms with van der Waals surface area (Å²) in [6, 6.07) is -2.23. The predicted octanol–water partition coefficient (Wildman–Crippen LogP) is -5.42. The van der Waals surface area contributed by atoms with Gasteiger partial charge in [0.1, 0.15) is 72.4 Å². The maximum absolute atomic E-state index is 11.8. The molecule has 0 bridgehead atoms. The average Bonchev–Trinajstić information content (AvgIpc) is 1.68. The van der Waals surface area contributed by atoms with Gasteiger partial charge in [0, 0.05) is 26.7 Å². The molecule has 6 heterocycles. The van der Waals surface area contributed by atoms with E-state index in [1.807, 2.05) is 0 Å². The first kappa shape index (κ1) is 79.2. The summed E-state index contributed by atoms with van der Waals surface area (Å²) in [6.45, 7) is 0.585. The number of nitrogens with one attached hydrogen (secondary N) is 2. The van der Waals surface area contributed by atoms with Gasteiger partial charge in [0.2, 0.25) is 11.8 Å². The maximum Gasteiger partial charge on any atom is 0.490 e. The number of rotatable bonds is 24. The van der Waals surface area contributed by atoms with Crippen LogP contribution in [0.25, 0.3) is 22.3 Å². The van der Waals surface area contributed by atoms with E-state index in [9.17, 15) is 81.8 Å². The number of hydrogen-bond donors (Lipinski definition) is 22. The number of anilines is 2. The summed E-state index contributed by atoms with van der Waals surface area (Å²) in [4.78, 5) is 169. The molecule has 0 aromatic carbocycles. The SMILES string of the molecule is CC(=O)N[C@@H](CCC(=O)O)C(=O)O.CC(=O)N[C@@H](CCC(=O)O)C(=O)O.Nc1ncnc2c1ncn2[C@@H]1O[C@H](COP(=O)(O)OP(=O)(O)O)[C@@H](O)[C@H]1O.Nc1ncnc2c1ncn2[C@@H]1O[C@H](COP(=O)(O)OP(=O)(O)OP(=O)(O)O)[C@@H](O)[C@H]1O.O=P(O)(O)O. The molecule has 2 fully saturated rings. The lowest BCUT2D eigenvalue weighted by molar-refractivity contribution is -0.143. The van der Waals surface area contributed by atoms with Crippen molar-refractivity contribution < 1.29 is 177 Å². The molecule has 4 aromatic heterocycles. The molecule has 0 saturated carbocycles. The van der Waals surface area contributed by atoms with Crippen LogP contribution >= 0.6 is 46.9 Å². The van der Waals surface area contributed by atoms with Gasteiger partial charge in [-0.25, -0.2) is 66.9 Å². The number of hydrogen-bond acceptors (Lipinski definition) is 31. The molecule has 55 heteroatoms. The number of aromatic nitrogens is 8. The summed E-state index contributed by atoms with van der Waals surface area (Å²) in [7, 11) is -31.7. The zero-order chi connectivity index (χ0) is 68.5. The number of aliphatic hydroxyl groups is 4. The molecule has 13 atom stereocenters. The van der Waals surface area contributed by atoms with E-state index >= 15 is 0 Å². The largest absolute Gasteiger partial charge is 0.490 e. The molecular weight excluding hydrogens is 1350 g/mol. The number of phosphoric acid groups is 6. The number of carboxylic acid groups (broad SMARTS) is 4. The first-order valence-corrected chi connectivity index (χ1v) is 32.3. The molecule has 2 aliphatic rings. The fourth-order valence-electron chi connectivity index (χ4n) is 6.64. The lowest BCUT2D eigenvalue weighted by Gasteiger charge is -2.19. The summed E-state index contributed by atoms with van der Waals surface area (Å²) in [5.74, 6) is -5.47. The third-order valence-electron chi connectivity index (χ3n) is 10.1. The second kappa shape index (κ2) is 33.4. The van der Waals surface area contributed by atoms with Crippen LogP contribution in [0.2, 0.25) is 0 Å². The van der Waals surface area contributed by atoms with Gasteiger partial charge < -0.3 is 121 Å². The molecule has 24 N–H and O–H groups in total. The molecule has 2 saturated heterocycles. The molecule has 0 spiro atoms. The van der Waals surface area contributed by atoms with Crippen molar-refractivity contribution in [2.45, 2.75) is 101 Å². The highest BCUT2D eigenvalue weighted by atomic mass is 31.3. The van der Waals surface area contributed by atoms with Gasteiger partial charge >= 0.3 is 70.8 Å². The van der Waals surface area contributed by atoms with E-state index in [0.29, 0.717) is 0 Å². The zero-order valence-electron chi connectivity index (χ0n) is 44.5. The summed E-state index contributed by atoms with van der Waals surface area (Å²) in [6.07, 6.45) is -7.67. The molecule has 89 heavy (non-hydrogen) atoms. The average molecular weight is 1410 g/mol. The second-order valence-electron chi connectivity index (χ2n) is 17.0. The number of carboxylic acids is 4. The van der Waals surface area contributed by atoms with E-state index in [-0.39, 0.29) is 59.6 Å². The van der Waals surface area contributed by atoms with Crippen molar-refractivity contribution in [2.75, 3.05) is 24.7 Å². The van der Waals surface area contributed by atoms with E-state index in [1.54, 1.807) is 0 Å². The van der Waals surface area contributed by atoms with Crippen molar-refractivity contribution in [3.63, 3.8) is 0 Å². The van der Waals surface area contributed by atoms with Crippen LogP contribution in [0.15, 0.2) is 25.3 Å². The van der Waals surface area contributed by atoms with Crippen LogP contribution in [0.3, 0.4) is 0 Å². The number of nitrogens with zero attached hydrogens (tertiary/aromatic N) is 8. The van der Waals surface area contributed by atoms with E-state index in [4.69, 9.17) is 85.1 Å². The Morgan fingerprint density at radius 2 is 0.843 bits per heavy atom. The van der Waals surface area contributed by atoms with Gasteiger partial charge in [0.05, 0.1) is 25.9 Å². The van der Waals surface area contributed by atoms with Gasteiger partial charge in [-0.15, -0.1) is 0 Å². The molecule has 0 aliphatic carbocycles. The van der Waals surface area contributed by atoms with Crippen LogP contribution in [-0.2, 0) is 87.6 Å². The van der Waals surface area contributed by atoms with Crippen LogP contribution in [0.4, 0.5) is 11.6 Å². The topological polar surface area (TPSA) is 797 Å². The van der Waals surface area contributed by atoms with Gasteiger partial charge in [-0.1, -0.05) is 0 Å². The Balaban J connectivity index is 0.000000420. The minimum Gasteiger partial charge on any atom is -0.481 e. The molecule has 2 amide bonds. The van der Waals surface area contributed by atoms with E-state index in [2.05, 4.69) is 62.5 Å². The van der Waals surface area contributed by atoms with Crippen LogP contribution < -0.4 is 22.1 Å². The number of fused-ring (bicyclic) bond motifs is 2. The lowest BCUT2D eigenvalue weighted by atomic mass is 10.1. The first-order chi connectivity index (χ1) is 40.5. The third-order valence-corrected chi connectivity index (χ3v) is 16.0. The minimum absolute atomic E-state index is 0.0426. The van der Waals surface area contributed by atoms with Crippen molar-refractivity contribution in [1.82, 2.24) is 49.7 Å². The summed E-state index contributed by atoms with van der Waals surface area (Å²) < 4.78 is 97.6. The van der Waals surface area contributed by atoms with Crippen molar-refractivity contribution in [3.05, 3.63) is 25.3 Å². The summed E-state index contributed by atoms with van der Waals surface area (Å²) >= 11 is 0. The Labute approximate surface area is 493 Å². The molecule has 2 aliphatic heterocycles. The van der Waals surface area contributed by atoms with Crippen LogP contribution in [0, 0.1) is 0 Å². The number of nitrogens with two attached hydrogens (primary N) is 2. The molecule has 49 nitrogen and oxygen atoms in total. The maximum atomic E-state index is 11.8. The Bertz CT molecular complexity index is 3360. The van der Waals surface area contributed by atoms with E-state index in [0.717, 1.165) is 12.7 Å². The first-order valence-electron chi connectivity index (χ1n) is 23.2. The number of nitrogen functional groups attached to an aromatic ring is 2. The second-order valence-corrected chi connectivity index (χ2v) is 25.3. The van der Waals surface area contributed by atoms with Gasteiger partial charge in [-0.2, -0.15) is 12.9 Å². The predicted molar refractivity (Wildman–Crippen MR) is 279 cm³/mol. The number of aliphatic hydroxyl groups excluding tert-OH is 4. The number of phosphoric ester groups is 2. The number of carbonyl (C=O) groups excluding carboxylic acids is 2. The van der Waals surface area contributed by atoms with Crippen molar-refractivity contribution >= 4 is 117 Å². The van der Waals surface area contributed by atoms with Crippen molar-refractivity contribution in [3.8, 4) is 0 Å². The number of carbonyl (C=O) groups is 6. The summed E-state index contributed by atoms with van der Waals surface area (Å²) in [5.41, 5.74) is 12.1. The van der Waals surface area contributed by atoms with Gasteiger partial charge in [-0.3, -0.25) is 37.4 Å². The van der Waals surface area contributed by atoms with Crippen molar-refractivity contribution in [1.29, 1.82) is 0 Å². The Kier molecular flexibility index (Phi) is 29.7. The smallest absolute Gasteiger partial charge is 0.481 e. The quantitative estimate of drug-likeness (QED) is 0.0291. The van der Waals surface area contributed by atoms with Gasteiger partial charge in [0.15, 0.2) is 35.4 Å². The third kappa shape index (κ3) is 28.4. The van der Waals surface area contributed by atoms with Crippen LogP contribution in [0.5, 0.6) is 0 Å².